The zero-order valence-corrected chi connectivity index (χ0v) is 11.9. The number of hydroxylamine groups is 2. The normalized spacial score (nSPS) is 13.4. The lowest BCUT2D eigenvalue weighted by atomic mass is 10.1. The molecule has 2 aromatic rings. The van der Waals surface area contributed by atoms with Gasteiger partial charge in [-0.3, -0.25) is 14.3 Å². The van der Waals surface area contributed by atoms with Crippen LogP contribution in [-0.2, 0) is 22.6 Å². The van der Waals surface area contributed by atoms with Crippen molar-refractivity contribution in [1.29, 1.82) is 0 Å². The summed E-state index contributed by atoms with van der Waals surface area (Å²) in [7, 11) is 0. The molecule has 1 aromatic heterocycles. The number of imide groups is 1. The summed E-state index contributed by atoms with van der Waals surface area (Å²) >= 11 is 0. The summed E-state index contributed by atoms with van der Waals surface area (Å²) in [5, 5.41) is 4.55. The Bertz CT molecular complexity index is 731. The first-order valence-corrected chi connectivity index (χ1v) is 6.80. The summed E-state index contributed by atoms with van der Waals surface area (Å²) in [4.78, 5) is 40.9. The average molecular weight is 299 g/mol. The molecular weight excluding hydrogens is 286 g/mol. The number of fused-ring (bicyclic) bond motifs is 1. The van der Waals surface area contributed by atoms with Crippen LogP contribution in [0.5, 0.6) is 0 Å². The van der Waals surface area contributed by atoms with Crippen molar-refractivity contribution < 1.29 is 19.2 Å². The van der Waals surface area contributed by atoms with Gasteiger partial charge in [0.15, 0.2) is 0 Å². The van der Waals surface area contributed by atoms with E-state index in [1.54, 1.807) is 29.2 Å². The molecule has 0 aliphatic carbocycles. The van der Waals surface area contributed by atoms with Gasteiger partial charge in [-0.2, -0.15) is 5.10 Å². The summed E-state index contributed by atoms with van der Waals surface area (Å²) in [6.07, 6.45) is 3.20. The average Bonchev–Trinajstić information content (AvgIpc) is 3.06. The lowest BCUT2D eigenvalue weighted by Crippen LogP contribution is -2.33. The highest BCUT2D eigenvalue weighted by atomic mass is 16.7. The molecule has 112 valence electrons. The third-order valence-electron chi connectivity index (χ3n) is 3.31. The molecule has 0 N–H and O–H groups in total. The maximum absolute atomic E-state index is 12.1. The smallest absolute Gasteiger partial charge is 0.329 e. The van der Waals surface area contributed by atoms with E-state index >= 15 is 0 Å². The zero-order chi connectivity index (χ0) is 15.7. The molecule has 0 saturated carbocycles. The van der Waals surface area contributed by atoms with Crippen molar-refractivity contribution in [1.82, 2.24) is 14.8 Å². The summed E-state index contributed by atoms with van der Waals surface area (Å²) < 4.78 is 1.67. The molecule has 7 heteroatoms. The minimum Gasteiger partial charge on any atom is -0.329 e. The number of benzene rings is 1. The van der Waals surface area contributed by atoms with E-state index < -0.39 is 17.8 Å². The summed E-state index contributed by atoms with van der Waals surface area (Å²) in [6.45, 7) is 2.61. The molecule has 3 rings (SSSR count). The second kappa shape index (κ2) is 5.44. The number of carbonyl (C=O) groups excluding carboxylic acids is 3. The van der Waals surface area contributed by atoms with Gasteiger partial charge in [-0.1, -0.05) is 17.2 Å². The number of hydrogen-bond acceptors (Lipinski definition) is 5. The Morgan fingerprint density at radius 2 is 1.82 bits per heavy atom. The molecule has 0 atom stereocenters. The monoisotopic (exact) mass is 299 g/mol. The van der Waals surface area contributed by atoms with Gasteiger partial charge in [0.05, 0.1) is 23.7 Å². The number of aryl methyl sites for hydroxylation is 1. The Morgan fingerprint density at radius 1 is 1.18 bits per heavy atom. The van der Waals surface area contributed by atoms with Gasteiger partial charge >= 0.3 is 5.97 Å². The molecule has 0 bridgehead atoms. The van der Waals surface area contributed by atoms with Crippen LogP contribution < -0.4 is 0 Å². The molecule has 1 aromatic carbocycles. The number of hydrogen-bond donors (Lipinski definition) is 0. The first kappa shape index (κ1) is 14.0. The van der Waals surface area contributed by atoms with Gasteiger partial charge in [0.1, 0.15) is 0 Å². The molecule has 2 amide bonds. The molecular formula is C15H13N3O4. The van der Waals surface area contributed by atoms with Crippen LogP contribution in [0.1, 0.15) is 33.2 Å². The fourth-order valence-electron chi connectivity index (χ4n) is 2.22. The van der Waals surface area contributed by atoms with E-state index in [1.807, 2.05) is 6.92 Å². The van der Waals surface area contributed by atoms with Gasteiger partial charge in [-0.25, -0.2) is 4.79 Å². The molecule has 2 heterocycles. The quantitative estimate of drug-likeness (QED) is 0.792. The highest BCUT2D eigenvalue weighted by Gasteiger charge is 2.38. The number of amides is 2. The molecule has 1 aliphatic heterocycles. The van der Waals surface area contributed by atoms with E-state index in [0.717, 1.165) is 0 Å². The SMILES string of the molecule is CCn1cc(CC(=O)ON2C(=O)c3ccccc3C2=O)cn1. The van der Waals surface area contributed by atoms with Crippen molar-refractivity contribution in [3.05, 3.63) is 53.3 Å². The van der Waals surface area contributed by atoms with Crippen LogP contribution in [-0.4, -0.2) is 32.6 Å². The number of carbonyl (C=O) groups is 3. The minimum absolute atomic E-state index is 0.0621. The van der Waals surface area contributed by atoms with Crippen LogP contribution in [0, 0.1) is 0 Å². The standard InChI is InChI=1S/C15H13N3O4/c1-2-17-9-10(8-16-17)7-13(19)22-18-14(20)11-5-3-4-6-12(11)15(18)21/h3-6,8-9H,2,7H2,1H3. The molecule has 0 fully saturated rings. The maximum atomic E-state index is 12.1. The van der Waals surface area contributed by atoms with Crippen molar-refractivity contribution in [2.75, 3.05) is 0 Å². The van der Waals surface area contributed by atoms with Gasteiger partial charge in [0.2, 0.25) is 0 Å². The van der Waals surface area contributed by atoms with E-state index in [2.05, 4.69) is 5.10 Å². The maximum Gasteiger partial charge on any atom is 0.337 e. The lowest BCUT2D eigenvalue weighted by molar-refractivity contribution is -0.167. The number of nitrogens with zero attached hydrogens (tertiary/aromatic N) is 3. The fourth-order valence-corrected chi connectivity index (χ4v) is 2.22. The van der Waals surface area contributed by atoms with E-state index in [0.29, 0.717) is 17.2 Å². The van der Waals surface area contributed by atoms with Crippen LogP contribution in [0.25, 0.3) is 0 Å². The van der Waals surface area contributed by atoms with E-state index in [-0.39, 0.29) is 17.5 Å². The number of rotatable bonds is 4. The molecule has 0 radical (unpaired) electrons. The Hall–Kier alpha value is -2.96. The van der Waals surface area contributed by atoms with Gasteiger partial charge in [-0.05, 0) is 19.1 Å². The lowest BCUT2D eigenvalue weighted by Gasteiger charge is -2.12. The Kier molecular flexibility index (Phi) is 3.46. The fraction of sp³-hybridized carbons (Fsp3) is 0.200. The van der Waals surface area contributed by atoms with E-state index in [1.165, 1.54) is 12.1 Å². The predicted molar refractivity (Wildman–Crippen MR) is 74.6 cm³/mol. The van der Waals surface area contributed by atoms with Gasteiger partial charge in [0.25, 0.3) is 11.8 Å². The van der Waals surface area contributed by atoms with Gasteiger partial charge in [0, 0.05) is 18.3 Å². The second-order valence-electron chi connectivity index (χ2n) is 4.79. The summed E-state index contributed by atoms with van der Waals surface area (Å²) in [5.74, 6) is -1.94. The number of aromatic nitrogens is 2. The molecule has 22 heavy (non-hydrogen) atoms. The van der Waals surface area contributed by atoms with Crippen LogP contribution in [0.15, 0.2) is 36.7 Å². The Labute approximate surface area is 126 Å². The van der Waals surface area contributed by atoms with Crippen LogP contribution in [0.2, 0.25) is 0 Å². The van der Waals surface area contributed by atoms with Crippen LogP contribution in [0.3, 0.4) is 0 Å². The second-order valence-corrected chi connectivity index (χ2v) is 4.79. The molecule has 0 unspecified atom stereocenters. The van der Waals surface area contributed by atoms with Gasteiger partial charge in [-0.15, -0.1) is 0 Å². The highest BCUT2D eigenvalue weighted by Crippen LogP contribution is 2.22. The third-order valence-corrected chi connectivity index (χ3v) is 3.31. The summed E-state index contributed by atoms with van der Waals surface area (Å²) in [6, 6.07) is 6.34. The third kappa shape index (κ3) is 2.37. The van der Waals surface area contributed by atoms with E-state index in [4.69, 9.17) is 4.84 Å². The van der Waals surface area contributed by atoms with Crippen molar-refractivity contribution >= 4 is 17.8 Å². The predicted octanol–water partition coefficient (Wildman–Crippen LogP) is 1.20. The van der Waals surface area contributed by atoms with Crippen molar-refractivity contribution in [3.63, 3.8) is 0 Å². The van der Waals surface area contributed by atoms with Gasteiger partial charge < -0.3 is 4.84 Å². The van der Waals surface area contributed by atoms with Crippen molar-refractivity contribution in [2.45, 2.75) is 19.9 Å². The van der Waals surface area contributed by atoms with Crippen LogP contribution in [0.4, 0.5) is 0 Å². The first-order valence-electron chi connectivity index (χ1n) is 6.80. The molecule has 0 saturated heterocycles. The zero-order valence-electron chi connectivity index (χ0n) is 11.9. The summed E-state index contributed by atoms with van der Waals surface area (Å²) in [5.41, 5.74) is 1.13. The molecule has 0 spiro atoms. The largest absolute Gasteiger partial charge is 0.337 e. The van der Waals surface area contributed by atoms with Crippen molar-refractivity contribution in [2.24, 2.45) is 0 Å². The van der Waals surface area contributed by atoms with Crippen LogP contribution >= 0.6 is 0 Å². The topological polar surface area (TPSA) is 81.5 Å². The Balaban J connectivity index is 1.70. The van der Waals surface area contributed by atoms with Crippen molar-refractivity contribution in [3.8, 4) is 0 Å². The minimum atomic E-state index is -0.690. The Morgan fingerprint density at radius 3 is 2.36 bits per heavy atom. The van der Waals surface area contributed by atoms with E-state index in [9.17, 15) is 14.4 Å². The first-order chi connectivity index (χ1) is 10.6. The molecule has 1 aliphatic rings. The molecule has 7 nitrogen and oxygen atoms in total. The highest BCUT2D eigenvalue weighted by molar-refractivity contribution is 6.20.